The van der Waals surface area contributed by atoms with Crippen molar-refractivity contribution in [2.75, 3.05) is 37.6 Å². The summed E-state index contributed by atoms with van der Waals surface area (Å²) in [7, 11) is 0. The number of piperazine rings is 1. The molecule has 3 aromatic rings. The minimum absolute atomic E-state index is 0.0384. The van der Waals surface area contributed by atoms with Crippen molar-refractivity contribution < 1.29 is 0 Å². The van der Waals surface area contributed by atoms with Gasteiger partial charge in [0.1, 0.15) is 5.82 Å². The Hall–Kier alpha value is -2.11. The van der Waals surface area contributed by atoms with Crippen LogP contribution in [0, 0.1) is 0 Å². The highest BCUT2D eigenvalue weighted by atomic mass is 35.5. The number of nitrogens with zero attached hydrogens (tertiary/aromatic N) is 5. The summed E-state index contributed by atoms with van der Waals surface area (Å²) in [4.78, 5) is 9.95. The van der Waals surface area contributed by atoms with Crippen molar-refractivity contribution >= 4 is 23.1 Å². The molecular weight excluding hydrogens is 370 g/mol. The maximum atomic E-state index is 6.08. The fourth-order valence-corrected chi connectivity index (χ4v) is 3.81. The Morgan fingerprint density at radius 1 is 1.04 bits per heavy atom. The zero-order valence-electron chi connectivity index (χ0n) is 17.1. The third-order valence-corrected chi connectivity index (χ3v) is 5.77. The van der Waals surface area contributed by atoms with Gasteiger partial charge < -0.3 is 9.80 Å². The van der Waals surface area contributed by atoms with Crippen molar-refractivity contribution in [3.8, 4) is 11.1 Å². The second kappa shape index (κ2) is 7.37. The molecule has 148 valence electrons. The van der Waals surface area contributed by atoms with E-state index in [1.165, 1.54) is 0 Å². The summed E-state index contributed by atoms with van der Waals surface area (Å²) in [5, 5.41) is 5.46. The second-order valence-electron chi connectivity index (χ2n) is 8.47. The van der Waals surface area contributed by atoms with Gasteiger partial charge in [0.25, 0.3) is 0 Å². The molecule has 0 amide bonds. The van der Waals surface area contributed by atoms with Crippen LogP contribution in [-0.2, 0) is 5.41 Å². The van der Waals surface area contributed by atoms with Crippen molar-refractivity contribution in [1.82, 2.24) is 19.5 Å². The number of halogens is 1. The Bertz CT molecular complexity index is 963. The van der Waals surface area contributed by atoms with Crippen LogP contribution in [0.3, 0.4) is 0 Å². The van der Waals surface area contributed by atoms with Crippen LogP contribution in [0.4, 0.5) is 5.82 Å². The average molecular weight is 398 g/mol. The van der Waals surface area contributed by atoms with E-state index < -0.39 is 0 Å². The van der Waals surface area contributed by atoms with Crippen LogP contribution in [0.25, 0.3) is 16.8 Å². The van der Waals surface area contributed by atoms with Crippen molar-refractivity contribution in [3.63, 3.8) is 0 Å². The number of benzene rings is 1. The molecule has 2 aromatic heterocycles. The normalized spacial score (nSPS) is 16.1. The van der Waals surface area contributed by atoms with Crippen LogP contribution in [0.15, 0.2) is 36.5 Å². The Labute approximate surface area is 171 Å². The van der Waals surface area contributed by atoms with E-state index >= 15 is 0 Å². The van der Waals surface area contributed by atoms with E-state index in [9.17, 15) is 0 Å². The van der Waals surface area contributed by atoms with Crippen LogP contribution in [0.5, 0.6) is 0 Å². The van der Waals surface area contributed by atoms with Gasteiger partial charge in [0, 0.05) is 48.2 Å². The predicted octanol–water partition coefficient (Wildman–Crippen LogP) is 4.49. The number of hydrogen-bond acceptors (Lipinski definition) is 4. The summed E-state index contributed by atoms with van der Waals surface area (Å²) < 4.78 is 2.00. The zero-order chi connectivity index (χ0) is 19.9. The largest absolute Gasteiger partial charge is 0.354 e. The van der Waals surface area contributed by atoms with E-state index in [1.54, 1.807) is 0 Å². The minimum atomic E-state index is -0.0384. The predicted molar refractivity (Wildman–Crippen MR) is 116 cm³/mol. The Morgan fingerprint density at radius 3 is 2.32 bits per heavy atom. The highest BCUT2D eigenvalue weighted by Crippen LogP contribution is 2.31. The first-order valence-electron chi connectivity index (χ1n) is 9.99. The maximum absolute atomic E-state index is 6.08. The first kappa shape index (κ1) is 19.2. The molecule has 4 rings (SSSR count). The third-order valence-electron chi connectivity index (χ3n) is 5.52. The highest BCUT2D eigenvalue weighted by molar-refractivity contribution is 6.30. The minimum Gasteiger partial charge on any atom is -0.354 e. The molecule has 6 heteroatoms. The monoisotopic (exact) mass is 397 g/mol. The Kier molecular flexibility index (Phi) is 5.06. The molecule has 0 atom stereocenters. The van der Waals surface area contributed by atoms with Crippen molar-refractivity contribution in [2.24, 2.45) is 0 Å². The van der Waals surface area contributed by atoms with Gasteiger partial charge in [-0.1, -0.05) is 51.4 Å². The summed E-state index contributed by atoms with van der Waals surface area (Å²) >= 11 is 6.08. The quantitative estimate of drug-likeness (QED) is 0.652. The van der Waals surface area contributed by atoms with Gasteiger partial charge in [0.05, 0.1) is 11.9 Å². The van der Waals surface area contributed by atoms with Crippen molar-refractivity contribution in [3.05, 3.63) is 47.2 Å². The number of anilines is 1. The van der Waals surface area contributed by atoms with E-state index in [0.717, 1.165) is 66.0 Å². The van der Waals surface area contributed by atoms with Crippen molar-refractivity contribution in [2.45, 2.75) is 33.1 Å². The highest BCUT2D eigenvalue weighted by Gasteiger charge is 2.24. The van der Waals surface area contributed by atoms with Gasteiger partial charge in [-0.15, -0.1) is 0 Å². The number of aromatic nitrogens is 3. The molecule has 0 bridgehead atoms. The summed E-state index contributed by atoms with van der Waals surface area (Å²) in [5.74, 6) is 1.13. The lowest BCUT2D eigenvalue weighted by Crippen LogP contribution is -2.46. The van der Waals surface area contributed by atoms with E-state index in [-0.39, 0.29) is 5.41 Å². The van der Waals surface area contributed by atoms with E-state index in [0.29, 0.717) is 0 Å². The van der Waals surface area contributed by atoms with Crippen LogP contribution in [-0.4, -0.2) is 52.2 Å². The van der Waals surface area contributed by atoms with Crippen LogP contribution < -0.4 is 4.90 Å². The Balaban J connectivity index is 1.84. The smallest absolute Gasteiger partial charge is 0.165 e. The standard InChI is InChI=1S/C22H28ClN5/c1-5-26-10-12-27(13-11-26)20-14-19(22(2,3)4)25-21-18(15-24-28(20)21)16-6-8-17(23)9-7-16/h6-9,14-15H,5,10-13H2,1-4H3. The molecule has 1 fully saturated rings. The molecule has 0 radical (unpaired) electrons. The van der Waals surface area contributed by atoms with Gasteiger partial charge in [0.15, 0.2) is 5.65 Å². The lowest BCUT2D eigenvalue weighted by atomic mass is 9.91. The van der Waals surface area contributed by atoms with E-state index in [1.807, 2.05) is 35.0 Å². The molecule has 1 aliphatic heterocycles. The summed E-state index contributed by atoms with van der Waals surface area (Å²) in [6, 6.07) is 10.1. The first-order chi connectivity index (χ1) is 13.4. The summed E-state index contributed by atoms with van der Waals surface area (Å²) in [5.41, 5.74) is 4.07. The number of rotatable bonds is 3. The Morgan fingerprint density at radius 2 is 1.71 bits per heavy atom. The molecule has 5 nitrogen and oxygen atoms in total. The van der Waals surface area contributed by atoms with Gasteiger partial charge >= 0.3 is 0 Å². The third kappa shape index (κ3) is 3.61. The first-order valence-corrected chi connectivity index (χ1v) is 10.4. The molecule has 0 aliphatic carbocycles. The SMILES string of the molecule is CCN1CCN(c2cc(C(C)(C)C)nc3c(-c4ccc(Cl)cc4)cnn23)CC1. The summed E-state index contributed by atoms with van der Waals surface area (Å²) in [6.45, 7) is 14.1. The fourth-order valence-electron chi connectivity index (χ4n) is 3.68. The zero-order valence-corrected chi connectivity index (χ0v) is 17.9. The number of fused-ring (bicyclic) bond motifs is 1. The molecule has 1 aromatic carbocycles. The molecule has 1 aliphatic rings. The van der Waals surface area contributed by atoms with Crippen LogP contribution in [0.1, 0.15) is 33.4 Å². The lowest BCUT2D eigenvalue weighted by Gasteiger charge is -2.36. The van der Waals surface area contributed by atoms with Crippen molar-refractivity contribution in [1.29, 1.82) is 0 Å². The molecule has 0 saturated carbocycles. The van der Waals surface area contributed by atoms with Gasteiger partial charge in [0.2, 0.25) is 0 Å². The number of hydrogen-bond donors (Lipinski definition) is 0. The fraction of sp³-hybridized carbons (Fsp3) is 0.455. The topological polar surface area (TPSA) is 36.7 Å². The molecule has 3 heterocycles. The average Bonchev–Trinajstić information content (AvgIpc) is 3.11. The molecular formula is C22H28ClN5. The second-order valence-corrected chi connectivity index (χ2v) is 8.91. The number of likely N-dealkylation sites (N-methyl/N-ethyl adjacent to an activating group) is 1. The van der Waals surface area contributed by atoms with Gasteiger partial charge in [-0.05, 0) is 24.2 Å². The van der Waals surface area contributed by atoms with Crippen LogP contribution >= 0.6 is 11.6 Å². The maximum Gasteiger partial charge on any atom is 0.165 e. The van der Waals surface area contributed by atoms with Gasteiger partial charge in [-0.2, -0.15) is 9.61 Å². The molecule has 0 N–H and O–H groups in total. The van der Waals surface area contributed by atoms with E-state index in [4.69, 9.17) is 21.7 Å². The molecule has 1 saturated heterocycles. The molecule has 0 unspecified atom stereocenters. The van der Waals surface area contributed by atoms with Gasteiger partial charge in [-0.25, -0.2) is 4.98 Å². The lowest BCUT2D eigenvalue weighted by molar-refractivity contribution is 0.270. The van der Waals surface area contributed by atoms with E-state index in [2.05, 4.69) is 43.6 Å². The van der Waals surface area contributed by atoms with Gasteiger partial charge in [-0.3, -0.25) is 0 Å². The molecule has 0 spiro atoms. The summed E-state index contributed by atoms with van der Waals surface area (Å²) in [6.07, 6.45) is 1.92. The van der Waals surface area contributed by atoms with Crippen LogP contribution in [0.2, 0.25) is 5.02 Å². The molecule has 28 heavy (non-hydrogen) atoms.